The first kappa shape index (κ1) is 26.3. The number of pyridine rings is 1. The first-order chi connectivity index (χ1) is 16.0. The van der Waals surface area contributed by atoms with Crippen molar-refractivity contribution in [3.63, 3.8) is 0 Å². The molecule has 2 aromatic rings. The summed E-state index contributed by atoms with van der Waals surface area (Å²) < 4.78 is 48.1. The zero-order valence-electron chi connectivity index (χ0n) is 20.4. The van der Waals surface area contributed by atoms with Crippen LogP contribution in [-0.4, -0.2) is 58.1 Å². The van der Waals surface area contributed by atoms with Crippen molar-refractivity contribution in [3.05, 3.63) is 24.3 Å². The number of rotatable bonds is 4. The predicted octanol–water partition coefficient (Wildman–Crippen LogP) is 4.98. The van der Waals surface area contributed by atoms with Gasteiger partial charge in [0.05, 0.1) is 12.3 Å². The summed E-state index contributed by atoms with van der Waals surface area (Å²) in [4.78, 5) is 10.8. The SMILES string of the molecule is CC(C)c1nc(-c2cnc(N)c(OC(F)(F)F)c2)cn1C.CC1CCC(N2CCCOCC2)C1. The second-order valence-electron chi connectivity index (χ2n) is 9.48. The third-order valence-corrected chi connectivity index (χ3v) is 6.27. The van der Waals surface area contributed by atoms with Gasteiger partial charge in [0.25, 0.3) is 0 Å². The average molecular weight is 484 g/mol. The predicted molar refractivity (Wildman–Crippen MR) is 125 cm³/mol. The summed E-state index contributed by atoms with van der Waals surface area (Å²) in [5.41, 5.74) is 6.32. The summed E-state index contributed by atoms with van der Waals surface area (Å²) in [7, 11) is 1.82. The summed E-state index contributed by atoms with van der Waals surface area (Å²) in [6, 6.07) is 2.05. The summed E-state index contributed by atoms with van der Waals surface area (Å²) >= 11 is 0. The van der Waals surface area contributed by atoms with Gasteiger partial charge in [-0.15, -0.1) is 13.2 Å². The number of nitrogens with zero attached hydrogens (tertiary/aromatic N) is 4. The number of aryl methyl sites for hydroxylation is 1. The highest BCUT2D eigenvalue weighted by atomic mass is 19.4. The molecular weight excluding hydrogens is 447 g/mol. The lowest BCUT2D eigenvalue weighted by Gasteiger charge is -2.26. The Kier molecular flexibility index (Phi) is 8.81. The van der Waals surface area contributed by atoms with E-state index in [0.29, 0.717) is 11.3 Å². The second kappa shape index (κ2) is 11.4. The lowest BCUT2D eigenvalue weighted by Crippen LogP contribution is -2.35. The molecule has 190 valence electrons. The number of imidazole rings is 1. The summed E-state index contributed by atoms with van der Waals surface area (Å²) in [5, 5.41) is 0. The summed E-state index contributed by atoms with van der Waals surface area (Å²) in [6.07, 6.45) is 3.76. The largest absolute Gasteiger partial charge is 0.573 e. The fraction of sp³-hybridized carbons (Fsp3) is 0.667. The standard InChI is InChI=1S/C13H15F3N4O.C11H21NO/c1-7(2)12-19-9(6-20(12)3)8-4-10(11(17)18-5-8)21-13(14,15)16;1-10-3-4-11(9-10)12-5-2-7-13-8-6-12/h4-7H,1-3H3,(H2,17,18);10-11H,2-9H2,1H3. The number of ether oxygens (including phenoxy) is 2. The van der Waals surface area contributed by atoms with Crippen LogP contribution in [-0.2, 0) is 11.8 Å². The maximum Gasteiger partial charge on any atom is 0.573 e. The minimum Gasteiger partial charge on any atom is -0.402 e. The molecule has 2 unspecified atom stereocenters. The van der Waals surface area contributed by atoms with Crippen molar-refractivity contribution in [1.82, 2.24) is 19.4 Å². The molecule has 0 amide bonds. The quantitative estimate of drug-likeness (QED) is 0.661. The monoisotopic (exact) mass is 483 g/mol. The first-order valence-electron chi connectivity index (χ1n) is 11.9. The Hall–Kier alpha value is -2.33. The van der Waals surface area contributed by atoms with Crippen molar-refractivity contribution in [1.29, 1.82) is 0 Å². The molecule has 10 heteroatoms. The van der Waals surface area contributed by atoms with Crippen LogP contribution in [0.4, 0.5) is 19.0 Å². The lowest BCUT2D eigenvalue weighted by molar-refractivity contribution is -0.274. The van der Waals surface area contributed by atoms with Crippen molar-refractivity contribution in [3.8, 4) is 17.0 Å². The number of anilines is 1. The molecule has 1 saturated carbocycles. The summed E-state index contributed by atoms with van der Waals surface area (Å²) in [5.74, 6) is 1.11. The van der Waals surface area contributed by atoms with Crippen LogP contribution in [0.3, 0.4) is 0 Å². The first-order valence-corrected chi connectivity index (χ1v) is 11.9. The maximum atomic E-state index is 12.3. The number of alkyl halides is 3. The van der Waals surface area contributed by atoms with Gasteiger partial charge in [-0.25, -0.2) is 9.97 Å². The molecule has 2 fully saturated rings. The molecule has 0 bridgehead atoms. The Bertz CT molecular complexity index is 924. The Morgan fingerprint density at radius 2 is 1.97 bits per heavy atom. The minimum absolute atomic E-state index is 0.191. The summed E-state index contributed by atoms with van der Waals surface area (Å²) in [6.45, 7) is 10.7. The molecule has 2 aromatic heterocycles. The molecule has 3 heterocycles. The van der Waals surface area contributed by atoms with Gasteiger partial charge < -0.3 is 19.8 Å². The molecule has 0 radical (unpaired) electrons. The lowest BCUT2D eigenvalue weighted by atomic mass is 10.1. The Labute approximate surface area is 199 Å². The second-order valence-corrected chi connectivity index (χ2v) is 9.48. The van der Waals surface area contributed by atoms with E-state index in [9.17, 15) is 13.2 Å². The van der Waals surface area contributed by atoms with Gasteiger partial charge in [0.15, 0.2) is 11.6 Å². The normalized spacial score (nSPS) is 21.8. The van der Waals surface area contributed by atoms with Crippen LogP contribution in [0, 0.1) is 5.92 Å². The van der Waals surface area contributed by atoms with Gasteiger partial charge in [-0.3, -0.25) is 4.90 Å². The fourth-order valence-electron chi connectivity index (χ4n) is 4.60. The zero-order chi connectivity index (χ0) is 24.9. The van der Waals surface area contributed by atoms with E-state index in [-0.39, 0.29) is 11.7 Å². The van der Waals surface area contributed by atoms with E-state index in [2.05, 4.69) is 26.5 Å². The van der Waals surface area contributed by atoms with Gasteiger partial charge in [-0.2, -0.15) is 0 Å². The van der Waals surface area contributed by atoms with Crippen LogP contribution in [0.2, 0.25) is 0 Å². The Morgan fingerprint density at radius 1 is 1.21 bits per heavy atom. The highest BCUT2D eigenvalue weighted by Crippen LogP contribution is 2.31. The van der Waals surface area contributed by atoms with Gasteiger partial charge >= 0.3 is 6.36 Å². The van der Waals surface area contributed by atoms with Gasteiger partial charge in [-0.1, -0.05) is 20.8 Å². The van der Waals surface area contributed by atoms with Gasteiger partial charge in [0.1, 0.15) is 5.82 Å². The Balaban J connectivity index is 0.000000212. The van der Waals surface area contributed by atoms with Crippen molar-refractivity contribution >= 4 is 5.82 Å². The van der Waals surface area contributed by atoms with E-state index in [1.54, 1.807) is 6.20 Å². The molecule has 1 aliphatic heterocycles. The minimum atomic E-state index is -4.82. The van der Waals surface area contributed by atoms with Crippen LogP contribution in [0.1, 0.15) is 58.2 Å². The van der Waals surface area contributed by atoms with Crippen molar-refractivity contribution < 1.29 is 22.6 Å². The maximum absolute atomic E-state index is 12.3. The number of aromatic nitrogens is 3. The van der Waals surface area contributed by atoms with Crippen molar-refractivity contribution in [2.75, 3.05) is 32.0 Å². The molecule has 0 aromatic carbocycles. The van der Waals surface area contributed by atoms with Gasteiger partial charge in [-0.05, 0) is 37.7 Å². The third kappa shape index (κ3) is 7.33. The topological polar surface area (TPSA) is 78.4 Å². The molecule has 4 rings (SSSR count). The smallest absolute Gasteiger partial charge is 0.402 e. The average Bonchev–Trinajstić information content (AvgIpc) is 3.25. The van der Waals surface area contributed by atoms with Crippen LogP contribution >= 0.6 is 0 Å². The molecule has 2 aliphatic rings. The number of halogens is 3. The molecule has 1 saturated heterocycles. The molecule has 7 nitrogen and oxygen atoms in total. The molecular formula is C24H36F3N5O2. The van der Waals surface area contributed by atoms with E-state index in [1.165, 1.54) is 44.5 Å². The van der Waals surface area contributed by atoms with E-state index in [0.717, 1.165) is 37.5 Å². The van der Waals surface area contributed by atoms with Crippen molar-refractivity contribution in [2.45, 2.75) is 64.8 Å². The zero-order valence-corrected chi connectivity index (χ0v) is 20.4. The highest BCUT2D eigenvalue weighted by Gasteiger charge is 2.32. The highest BCUT2D eigenvalue weighted by molar-refractivity contribution is 5.63. The van der Waals surface area contributed by atoms with Gasteiger partial charge in [0, 0.05) is 56.7 Å². The van der Waals surface area contributed by atoms with E-state index in [4.69, 9.17) is 10.5 Å². The fourth-order valence-corrected chi connectivity index (χ4v) is 4.60. The number of hydrogen-bond donors (Lipinski definition) is 1. The van der Waals surface area contributed by atoms with Crippen LogP contribution in [0.25, 0.3) is 11.3 Å². The number of hydrogen-bond acceptors (Lipinski definition) is 6. The number of nitrogen functional groups attached to an aromatic ring is 1. The molecule has 34 heavy (non-hydrogen) atoms. The van der Waals surface area contributed by atoms with Crippen LogP contribution in [0.15, 0.2) is 18.5 Å². The number of nitrogens with two attached hydrogens (primary N) is 1. The van der Waals surface area contributed by atoms with Crippen LogP contribution < -0.4 is 10.5 Å². The van der Waals surface area contributed by atoms with Gasteiger partial charge in [0.2, 0.25) is 0 Å². The van der Waals surface area contributed by atoms with Crippen molar-refractivity contribution in [2.24, 2.45) is 13.0 Å². The molecule has 2 atom stereocenters. The van der Waals surface area contributed by atoms with E-state index in [1.807, 2.05) is 25.5 Å². The van der Waals surface area contributed by atoms with E-state index < -0.39 is 12.1 Å². The Morgan fingerprint density at radius 3 is 2.59 bits per heavy atom. The molecule has 2 N–H and O–H groups in total. The molecule has 0 spiro atoms. The van der Waals surface area contributed by atoms with Crippen LogP contribution in [0.5, 0.6) is 5.75 Å². The molecule has 1 aliphatic carbocycles. The van der Waals surface area contributed by atoms with E-state index >= 15 is 0 Å². The third-order valence-electron chi connectivity index (χ3n) is 6.27.